The SMILES string of the molecule is Cc1cc(C)n(-c2cncc(NC3CCCN(c4ccnn4C)C3=O)n2)n1. The van der Waals surface area contributed by atoms with E-state index in [1.54, 1.807) is 32.9 Å². The second-order valence-electron chi connectivity index (χ2n) is 6.74. The van der Waals surface area contributed by atoms with Crippen LogP contribution in [0.4, 0.5) is 11.6 Å². The minimum Gasteiger partial charge on any atom is -0.357 e. The summed E-state index contributed by atoms with van der Waals surface area (Å²) in [6, 6.07) is 3.49. The minimum atomic E-state index is -0.348. The summed E-state index contributed by atoms with van der Waals surface area (Å²) in [7, 11) is 1.84. The van der Waals surface area contributed by atoms with Gasteiger partial charge in [0.2, 0.25) is 0 Å². The molecule has 1 fully saturated rings. The van der Waals surface area contributed by atoms with Gasteiger partial charge in [0.15, 0.2) is 5.82 Å². The molecule has 1 aliphatic rings. The summed E-state index contributed by atoms with van der Waals surface area (Å²) in [4.78, 5) is 23.6. The van der Waals surface area contributed by atoms with Crippen LogP contribution in [-0.4, -0.2) is 48.0 Å². The average molecular weight is 366 g/mol. The summed E-state index contributed by atoms with van der Waals surface area (Å²) in [5.41, 5.74) is 1.90. The Kier molecular flexibility index (Phi) is 4.35. The van der Waals surface area contributed by atoms with Gasteiger partial charge in [-0.15, -0.1) is 0 Å². The van der Waals surface area contributed by atoms with E-state index in [1.165, 1.54) is 0 Å². The largest absolute Gasteiger partial charge is 0.357 e. The van der Waals surface area contributed by atoms with Crippen molar-refractivity contribution < 1.29 is 4.79 Å². The van der Waals surface area contributed by atoms with Crippen molar-refractivity contribution in [3.63, 3.8) is 0 Å². The van der Waals surface area contributed by atoms with Crippen molar-refractivity contribution in [2.75, 3.05) is 16.8 Å². The van der Waals surface area contributed by atoms with Gasteiger partial charge in [-0.1, -0.05) is 0 Å². The summed E-state index contributed by atoms with van der Waals surface area (Å²) in [6.07, 6.45) is 6.64. The number of piperidine rings is 1. The molecule has 9 nitrogen and oxygen atoms in total. The van der Waals surface area contributed by atoms with E-state index in [9.17, 15) is 4.79 Å². The fraction of sp³-hybridized carbons (Fsp3) is 0.389. The predicted octanol–water partition coefficient (Wildman–Crippen LogP) is 1.62. The third-order valence-corrected chi connectivity index (χ3v) is 4.68. The molecule has 27 heavy (non-hydrogen) atoms. The van der Waals surface area contributed by atoms with Gasteiger partial charge >= 0.3 is 0 Å². The predicted molar refractivity (Wildman–Crippen MR) is 101 cm³/mol. The molecule has 3 aromatic rings. The van der Waals surface area contributed by atoms with Crippen LogP contribution >= 0.6 is 0 Å². The molecule has 1 amide bonds. The summed E-state index contributed by atoms with van der Waals surface area (Å²) in [5, 5.41) is 11.8. The van der Waals surface area contributed by atoms with Crippen molar-refractivity contribution in [3.05, 3.63) is 42.1 Å². The smallest absolute Gasteiger partial charge is 0.250 e. The Labute approximate surface area is 157 Å². The maximum atomic E-state index is 12.9. The highest BCUT2D eigenvalue weighted by Gasteiger charge is 2.31. The summed E-state index contributed by atoms with van der Waals surface area (Å²) in [5.74, 6) is 2.00. The van der Waals surface area contributed by atoms with Crippen molar-refractivity contribution in [2.45, 2.75) is 32.7 Å². The fourth-order valence-electron chi connectivity index (χ4n) is 3.43. The van der Waals surface area contributed by atoms with Crippen LogP contribution in [0.25, 0.3) is 5.82 Å². The Balaban J connectivity index is 1.55. The van der Waals surface area contributed by atoms with Crippen LogP contribution in [0.3, 0.4) is 0 Å². The fourth-order valence-corrected chi connectivity index (χ4v) is 3.43. The first-order chi connectivity index (χ1) is 13.0. The molecular weight excluding hydrogens is 344 g/mol. The number of aryl methyl sites for hydroxylation is 3. The van der Waals surface area contributed by atoms with Crippen LogP contribution in [0.5, 0.6) is 0 Å². The van der Waals surface area contributed by atoms with Crippen LogP contribution < -0.4 is 10.2 Å². The quantitative estimate of drug-likeness (QED) is 0.754. The molecular formula is C18H22N8O. The first kappa shape index (κ1) is 17.2. The van der Waals surface area contributed by atoms with Gasteiger partial charge in [0, 0.05) is 25.4 Å². The maximum absolute atomic E-state index is 12.9. The van der Waals surface area contributed by atoms with Crippen molar-refractivity contribution in [3.8, 4) is 5.82 Å². The first-order valence-electron chi connectivity index (χ1n) is 8.94. The zero-order chi connectivity index (χ0) is 19.0. The van der Waals surface area contributed by atoms with E-state index in [0.29, 0.717) is 18.2 Å². The maximum Gasteiger partial charge on any atom is 0.250 e. The van der Waals surface area contributed by atoms with E-state index in [2.05, 4.69) is 25.5 Å². The van der Waals surface area contributed by atoms with E-state index < -0.39 is 0 Å². The molecule has 0 spiro atoms. The molecule has 1 unspecified atom stereocenters. The van der Waals surface area contributed by atoms with Crippen LogP contribution in [0, 0.1) is 13.8 Å². The number of hydrogen-bond donors (Lipinski definition) is 1. The van der Waals surface area contributed by atoms with E-state index in [1.807, 2.05) is 33.0 Å². The average Bonchev–Trinajstić information content (AvgIpc) is 3.22. The molecule has 4 rings (SSSR count). The lowest BCUT2D eigenvalue weighted by Gasteiger charge is -2.32. The van der Waals surface area contributed by atoms with Crippen molar-refractivity contribution in [1.82, 2.24) is 29.5 Å². The van der Waals surface area contributed by atoms with E-state index in [4.69, 9.17) is 0 Å². The molecule has 1 aliphatic heterocycles. The van der Waals surface area contributed by atoms with Crippen LogP contribution in [0.15, 0.2) is 30.7 Å². The summed E-state index contributed by atoms with van der Waals surface area (Å²) >= 11 is 0. The van der Waals surface area contributed by atoms with Gasteiger partial charge in [-0.2, -0.15) is 10.2 Å². The zero-order valence-electron chi connectivity index (χ0n) is 15.6. The molecule has 1 N–H and O–H groups in total. The molecule has 9 heteroatoms. The number of aromatic nitrogens is 6. The number of carbonyl (C=O) groups excluding carboxylic acids is 1. The second-order valence-corrected chi connectivity index (χ2v) is 6.74. The Morgan fingerprint density at radius 3 is 2.81 bits per heavy atom. The van der Waals surface area contributed by atoms with Crippen molar-refractivity contribution in [2.24, 2.45) is 7.05 Å². The monoisotopic (exact) mass is 366 g/mol. The Hall–Kier alpha value is -3.23. The zero-order valence-corrected chi connectivity index (χ0v) is 15.6. The molecule has 0 saturated carbocycles. The van der Waals surface area contributed by atoms with Gasteiger partial charge in [0.25, 0.3) is 5.91 Å². The van der Waals surface area contributed by atoms with E-state index >= 15 is 0 Å². The molecule has 1 saturated heterocycles. The number of amides is 1. The van der Waals surface area contributed by atoms with E-state index in [-0.39, 0.29) is 11.9 Å². The standard InChI is InChI=1S/C18H22N8O/c1-12-9-13(2)26(23-12)16-11-19-10-15(22-16)21-14-5-4-8-25(18(14)27)17-6-7-20-24(17)3/h6-7,9-11,14H,4-5,8H2,1-3H3,(H,21,22). The van der Waals surface area contributed by atoms with Gasteiger partial charge in [0.1, 0.15) is 17.7 Å². The van der Waals surface area contributed by atoms with Crippen LogP contribution in [0.2, 0.25) is 0 Å². The lowest BCUT2D eigenvalue weighted by molar-refractivity contribution is -0.120. The number of carbonyl (C=O) groups is 1. The van der Waals surface area contributed by atoms with Crippen molar-refractivity contribution >= 4 is 17.5 Å². The molecule has 140 valence electrons. The van der Waals surface area contributed by atoms with Gasteiger partial charge in [-0.05, 0) is 32.8 Å². The minimum absolute atomic E-state index is 0.0168. The highest BCUT2D eigenvalue weighted by molar-refractivity contribution is 5.98. The van der Waals surface area contributed by atoms with E-state index in [0.717, 1.165) is 30.0 Å². The normalized spacial score (nSPS) is 17.4. The van der Waals surface area contributed by atoms with Crippen molar-refractivity contribution in [1.29, 1.82) is 0 Å². The molecule has 0 aromatic carbocycles. The van der Waals surface area contributed by atoms with Gasteiger partial charge < -0.3 is 5.32 Å². The molecule has 1 atom stereocenters. The Morgan fingerprint density at radius 2 is 2.11 bits per heavy atom. The third kappa shape index (κ3) is 3.27. The summed E-state index contributed by atoms with van der Waals surface area (Å²) < 4.78 is 3.46. The molecule has 0 aliphatic carbocycles. The van der Waals surface area contributed by atoms with Crippen LogP contribution in [-0.2, 0) is 11.8 Å². The number of rotatable bonds is 4. The lowest BCUT2D eigenvalue weighted by Crippen LogP contribution is -2.48. The highest BCUT2D eigenvalue weighted by atomic mass is 16.2. The van der Waals surface area contributed by atoms with Gasteiger partial charge in [-0.3, -0.25) is 19.4 Å². The number of nitrogens with one attached hydrogen (secondary N) is 1. The Bertz CT molecular complexity index is 975. The first-order valence-corrected chi connectivity index (χ1v) is 8.94. The third-order valence-electron chi connectivity index (χ3n) is 4.68. The van der Waals surface area contributed by atoms with Crippen LogP contribution in [0.1, 0.15) is 24.2 Å². The molecule has 3 aromatic heterocycles. The molecule has 0 bridgehead atoms. The van der Waals surface area contributed by atoms with Gasteiger partial charge in [-0.25, -0.2) is 9.67 Å². The van der Waals surface area contributed by atoms with Gasteiger partial charge in [0.05, 0.1) is 24.3 Å². The highest BCUT2D eigenvalue weighted by Crippen LogP contribution is 2.22. The number of anilines is 2. The number of nitrogens with zero attached hydrogens (tertiary/aromatic N) is 7. The lowest BCUT2D eigenvalue weighted by atomic mass is 10.0. The number of hydrogen-bond acceptors (Lipinski definition) is 6. The Morgan fingerprint density at radius 1 is 1.26 bits per heavy atom. The summed E-state index contributed by atoms with van der Waals surface area (Å²) in [6.45, 7) is 4.60. The molecule has 0 radical (unpaired) electrons. The second kappa shape index (κ2) is 6.82. The molecule has 4 heterocycles. The topological polar surface area (TPSA) is 93.8 Å².